The first-order valence-electron chi connectivity index (χ1n) is 5.13. The SMILES string of the molecule is CN(CCc1nnc(N)s1)Cc1cc(Br)cs1. The van der Waals surface area contributed by atoms with Crippen molar-refractivity contribution < 1.29 is 0 Å². The second kappa shape index (κ2) is 5.90. The predicted octanol–water partition coefficient (Wildman–Crippen LogP) is 2.62. The van der Waals surface area contributed by atoms with Crippen LogP contribution in [0, 0.1) is 0 Å². The summed E-state index contributed by atoms with van der Waals surface area (Å²) in [4.78, 5) is 3.63. The van der Waals surface area contributed by atoms with Crippen LogP contribution in [-0.2, 0) is 13.0 Å². The van der Waals surface area contributed by atoms with Gasteiger partial charge < -0.3 is 10.6 Å². The third-order valence-electron chi connectivity index (χ3n) is 2.24. The third kappa shape index (κ3) is 4.02. The molecule has 0 saturated heterocycles. The van der Waals surface area contributed by atoms with Crippen LogP contribution in [0.25, 0.3) is 0 Å². The Kier molecular flexibility index (Phi) is 4.49. The zero-order valence-electron chi connectivity index (χ0n) is 9.39. The molecule has 0 saturated carbocycles. The average Bonchev–Trinajstić information content (AvgIpc) is 2.85. The maximum atomic E-state index is 5.54. The molecule has 0 radical (unpaired) electrons. The van der Waals surface area contributed by atoms with Crippen molar-refractivity contribution >= 4 is 43.7 Å². The molecule has 7 heteroatoms. The fraction of sp³-hybridized carbons (Fsp3) is 0.400. The highest BCUT2D eigenvalue weighted by Gasteiger charge is 2.06. The number of thiophene rings is 1. The zero-order valence-corrected chi connectivity index (χ0v) is 12.6. The van der Waals surface area contributed by atoms with E-state index in [1.807, 2.05) is 0 Å². The van der Waals surface area contributed by atoms with Crippen molar-refractivity contribution in [3.05, 3.63) is 25.8 Å². The second-order valence-corrected chi connectivity index (χ2v) is 6.76. The smallest absolute Gasteiger partial charge is 0.203 e. The molecule has 2 aromatic rings. The Balaban J connectivity index is 1.79. The number of hydrogen-bond acceptors (Lipinski definition) is 6. The van der Waals surface area contributed by atoms with E-state index in [9.17, 15) is 0 Å². The molecular formula is C10H13BrN4S2. The highest BCUT2D eigenvalue weighted by Crippen LogP contribution is 2.21. The fourth-order valence-corrected chi connectivity index (χ4v) is 3.56. The molecular weight excluding hydrogens is 320 g/mol. The largest absolute Gasteiger partial charge is 0.374 e. The molecule has 0 atom stereocenters. The van der Waals surface area contributed by atoms with Crippen LogP contribution in [0.3, 0.4) is 0 Å². The lowest BCUT2D eigenvalue weighted by atomic mass is 10.4. The summed E-state index contributed by atoms with van der Waals surface area (Å²) in [7, 11) is 2.11. The van der Waals surface area contributed by atoms with Crippen molar-refractivity contribution in [2.24, 2.45) is 0 Å². The van der Waals surface area contributed by atoms with E-state index in [-0.39, 0.29) is 0 Å². The van der Waals surface area contributed by atoms with Crippen LogP contribution in [0.1, 0.15) is 9.88 Å². The number of likely N-dealkylation sites (N-methyl/N-ethyl adjacent to an activating group) is 1. The maximum absolute atomic E-state index is 5.54. The summed E-state index contributed by atoms with van der Waals surface area (Å²) in [5.74, 6) is 0. The third-order valence-corrected chi connectivity index (χ3v) is 4.73. The number of nitrogens with two attached hydrogens (primary N) is 1. The first-order valence-corrected chi connectivity index (χ1v) is 7.61. The van der Waals surface area contributed by atoms with Gasteiger partial charge in [-0.1, -0.05) is 11.3 Å². The summed E-state index contributed by atoms with van der Waals surface area (Å²) < 4.78 is 1.16. The number of hydrogen-bond donors (Lipinski definition) is 1. The molecule has 0 aliphatic rings. The quantitative estimate of drug-likeness (QED) is 0.914. The van der Waals surface area contributed by atoms with Gasteiger partial charge in [-0.05, 0) is 29.0 Å². The molecule has 17 heavy (non-hydrogen) atoms. The van der Waals surface area contributed by atoms with E-state index < -0.39 is 0 Å². The minimum atomic E-state index is 0.546. The second-order valence-electron chi connectivity index (χ2n) is 3.75. The summed E-state index contributed by atoms with van der Waals surface area (Å²) in [6.45, 7) is 1.93. The van der Waals surface area contributed by atoms with Gasteiger partial charge in [0.2, 0.25) is 5.13 Å². The molecule has 0 spiro atoms. The van der Waals surface area contributed by atoms with E-state index in [2.05, 4.69) is 49.5 Å². The van der Waals surface area contributed by atoms with E-state index in [1.165, 1.54) is 16.2 Å². The Morgan fingerprint density at radius 1 is 1.47 bits per heavy atom. The molecule has 0 unspecified atom stereocenters. The van der Waals surface area contributed by atoms with Crippen molar-refractivity contribution in [2.45, 2.75) is 13.0 Å². The van der Waals surface area contributed by atoms with Crippen LogP contribution >= 0.6 is 38.6 Å². The first kappa shape index (κ1) is 12.9. The summed E-state index contributed by atoms with van der Waals surface area (Å²) in [5.41, 5.74) is 5.54. The van der Waals surface area contributed by atoms with E-state index in [1.54, 1.807) is 11.3 Å². The van der Waals surface area contributed by atoms with Crippen LogP contribution in [0.2, 0.25) is 0 Å². The minimum absolute atomic E-state index is 0.546. The summed E-state index contributed by atoms with van der Waals surface area (Å²) >= 11 is 6.70. The van der Waals surface area contributed by atoms with E-state index in [0.717, 1.165) is 29.0 Å². The molecule has 0 aromatic carbocycles. The van der Waals surface area contributed by atoms with Crippen LogP contribution in [0.15, 0.2) is 15.9 Å². The van der Waals surface area contributed by atoms with Crippen molar-refractivity contribution in [1.29, 1.82) is 0 Å². The summed E-state index contributed by atoms with van der Waals surface area (Å²) in [6.07, 6.45) is 0.901. The standard InChI is InChI=1S/C10H13BrN4S2/c1-15(5-8-4-7(11)6-16-8)3-2-9-13-14-10(12)17-9/h4,6H,2-3,5H2,1H3,(H2,12,14). The van der Waals surface area contributed by atoms with Crippen LogP contribution < -0.4 is 5.73 Å². The van der Waals surface area contributed by atoms with Crippen molar-refractivity contribution in [3.63, 3.8) is 0 Å². The number of halogens is 1. The molecule has 0 amide bonds. The van der Waals surface area contributed by atoms with Gasteiger partial charge in [-0.25, -0.2) is 0 Å². The highest BCUT2D eigenvalue weighted by atomic mass is 79.9. The molecule has 0 aliphatic heterocycles. The van der Waals surface area contributed by atoms with Crippen molar-refractivity contribution in [3.8, 4) is 0 Å². The van der Waals surface area contributed by atoms with Gasteiger partial charge in [0, 0.05) is 34.2 Å². The van der Waals surface area contributed by atoms with E-state index in [0.29, 0.717) is 5.13 Å². The fourth-order valence-electron chi connectivity index (χ4n) is 1.44. The number of anilines is 1. The summed E-state index contributed by atoms with van der Waals surface area (Å²) in [6, 6.07) is 2.16. The highest BCUT2D eigenvalue weighted by molar-refractivity contribution is 9.10. The molecule has 0 fully saturated rings. The van der Waals surface area contributed by atoms with Gasteiger partial charge in [-0.2, -0.15) is 0 Å². The Hall–Kier alpha value is -0.500. The van der Waals surface area contributed by atoms with Crippen LogP contribution in [0.4, 0.5) is 5.13 Å². The molecule has 2 rings (SSSR count). The van der Waals surface area contributed by atoms with Gasteiger partial charge in [-0.15, -0.1) is 21.5 Å². The van der Waals surface area contributed by atoms with E-state index >= 15 is 0 Å². The normalized spacial score (nSPS) is 11.2. The Labute approximate surface area is 117 Å². The van der Waals surface area contributed by atoms with Crippen molar-refractivity contribution in [1.82, 2.24) is 15.1 Å². The lowest BCUT2D eigenvalue weighted by molar-refractivity contribution is 0.333. The average molecular weight is 333 g/mol. The van der Waals surface area contributed by atoms with Crippen molar-refractivity contribution in [2.75, 3.05) is 19.3 Å². The topological polar surface area (TPSA) is 55.0 Å². The lowest BCUT2D eigenvalue weighted by Gasteiger charge is -2.14. The van der Waals surface area contributed by atoms with Gasteiger partial charge in [0.25, 0.3) is 0 Å². The predicted molar refractivity (Wildman–Crippen MR) is 76.4 cm³/mol. The number of nitrogens with zero attached hydrogens (tertiary/aromatic N) is 3. The Morgan fingerprint density at radius 2 is 2.29 bits per heavy atom. The first-order chi connectivity index (χ1) is 8.13. The Morgan fingerprint density at radius 3 is 2.88 bits per heavy atom. The molecule has 2 aromatic heterocycles. The minimum Gasteiger partial charge on any atom is -0.374 e. The monoisotopic (exact) mass is 332 g/mol. The number of aromatic nitrogens is 2. The zero-order chi connectivity index (χ0) is 12.3. The maximum Gasteiger partial charge on any atom is 0.203 e. The molecule has 0 bridgehead atoms. The van der Waals surface area contributed by atoms with Gasteiger partial charge in [0.1, 0.15) is 5.01 Å². The number of nitrogen functional groups attached to an aromatic ring is 1. The molecule has 92 valence electrons. The number of rotatable bonds is 5. The molecule has 0 aliphatic carbocycles. The van der Waals surface area contributed by atoms with Gasteiger partial charge >= 0.3 is 0 Å². The van der Waals surface area contributed by atoms with Crippen LogP contribution in [-0.4, -0.2) is 28.7 Å². The van der Waals surface area contributed by atoms with Gasteiger partial charge in [0.05, 0.1) is 0 Å². The molecule has 2 heterocycles. The summed E-state index contributed by atoms with van der Waals surface area (Å²) in [5, 5.41) is 11.5. The lowest BCUT2D eigenvalue weighted by Crippen LogP contribution is -2.20. The van der Waals surface area contributed by atoms with E-state index in [4.69, 9.17) is 5.73 Å². The molecule has 2 N–H and O–H groups in total. The van der Waals surface area contributed by atoms with Gasteiger partial charge in [-0.3, -0.25) is 0 Å². The molecule has 4 nitrogen and oxygen atoms in total. The van der Waals surface area contributed by atoms with Gasteiger partial charge in [0.15, 0.2) is 0 Å². The van der Waals surface area contributed by atoms with Crippen LogP contribution in [0.5, 0.6) is 0 Å². The Bertz CT molecular complexity index is 482.